The van der Waals surface area contributed by atoms with Gasteiger partial charge < -0.3 is 5.73 Å². The van der Waals surface area contributed by atoms with E-state index >= 15 is 0 Å². The van der Waals surface area contributed by atoms with Crippen molar-refractivity contribution in [2.45, 2.75) is 83.1 Å². The Morgan fingerprint density at radius 3 is 1.84 bits per heavy atom. The van der Waals surface area contributed by atoms with Gasteiger partial charge in [-0.05, 0) is 19.8 Å². The molecular weight excluding hydrogens is 252 g/mol. The van der Waals surface area contributed by atoms with E-state index in [9.17, 15) is 0 Å². The van der Waals surface area contributed by atoms with Gasteiger partial charge in [0.25, 0.3) is 0 Å². The molecule has 19 heavy (non-hydrogen) atoms. The molecule has 3 heteroatoms. The molecule has 0 atom stereocenters. The highest BCUT2D eigenvalue weighted by molar-refractivity contribution is 7.11. The molecule has 0 radical (unpaired) electrons. The van der Waals surface area contributed by atoms with Gasteiger partial charge in [-0.1, -0.05) is 57.8 Å². The predicted octanol–water partition coefficient (Wildman–Crippen LogP) is 4.91. The van der Waals surface area contributed by atoms with Crippen LogP contribution in [0.3, 0.4) is 0 Å². The minimum Gasteiger partial charge on any atom is -0.319 e. The Morgan fingerprint density at radius 2 is 1.42 bits per heavy atom. The Kier molecular flexibility index (Phi) is 5.83. The fourth-order valence-electron chi connectivity index (χ4n) is 3.04. The van der Waals surface area contributed by atoms with Gasteiger partial charge in [0, 0.05) is 11.1 Å². The first-order valence-corrected chi connectivity index (χ1v) is 8.74. The minimum absolute atomic E-state index is 0.155. The number of thiazole rings is 1. The van der Waals surface area contributed by atoms with Crippen molar-refractivity contribution in [2.75, 3.05) is 0 Å². The van der Waals surface area contributed by atoms with Gasteiger partial charge in [0.1, 0.15) is 5.01 Å². The summed E-state index contributed by atoms with van der Waals surface area (Å²) in [5.74, 6) is 0. The van der Waals surface area contributed by atoms with E-state index < -0.39 is 0 Å². The first kappa shape index (κ1) is 15.0. The van der Waals surface area contributed by atoms with Crippen LogP contribution in [-0.2, 0) is 5.54 Å². The van der Waals surface area contributed by atoms with Crippen LogP contribution in [0.4, 0.5) is 0 Å². The number of hydrogen-bond acceptors (Lipinski definition) is 3. The summed E-state index contributed by atoms with van der Waals surface area (Å²) < 4.78 is 0. The van der Waals surface area contributed by atoms with Gasteiger partial charge in [-0.2, -0.15) is 0 Å². The lowest BCUT2D eigenvalue weighted by Gasteiger charge is -2.28. The van der Waals surface area contributed by atoms with Gasteiger partial charge in [0.05, 0.1) is 5.54 Å². The second kappa shape index (κ2) is 7.39. The van der Waals surface area contributed by atoms with Crippen molar-refractivity contribution in [1.29, 1.82) is 0 Å². The molecule has 0 bridgehead atoms. The molecule has 1 aromatic heterocycles. The fourth-order valence-corrected chi connectivity index (χ4v) is 3.97. The Morgan fingerprint density at radius 1 is 0.947 bits per heavy atom. The maximum absolute atomic E-state index is 6.72. The second-order valence-electron chi connectivity index (χ2n) is 6.11. The van der Waals surface area contributed by atoms with Gasteiger partial charge >= 0.3 is 0 Å². The van der Waals surface area contributed by atoms with Crippen LogP contribution in [0.2, 0.25) is 0 Å². The van der Waals surface area contributed by atoms with Crippen molar-refractivity contribution < 1.29 is 0 Å². The summed E-state index contributed by atoms with van der Waals surface area (Å²) in [4.78, 5) is 5.86. The summed E-state index contributed by atoms with van der Waals surface area (Å²) in [7, 11) is 0. The number of hydrogen-bond donors (Lipinski definition) is 1. The molecule has 1 fully saturated rings. The van der Waals surface area contributed by atoms with Gasteiger partial charge in [0.2, 0.25) is 0 Å². The fraction of sp³-hybridized carbons (Fsp3) is 0.812. The molecule has 0 amide bonds. The van der Waals surface area contributed by atoms with Crippen molar-refractivity contribution in [3.63, 3.8) is 0 Å². The van der Waals surface area contributed by atoms with Crippen LogP contribution in [0.25, 0.3) is 0 Å². The van der Waals surface area contributed by atoms with E-state index in [-0.39, 0.29) is 5.54 Å². The monoisotopic (exact) mass is 280 g/mol. The Hall–Kier alpha value is -0.410. The molecule has 2 rings (SSSR count). The summed E-state index contributed by atoms with van der Waals surface area (Å²) in [6.07, 6.45) is 16.4. The van der Waals surface area contributed by atoms with Crippen LogP contribution in [-0.4, -0.2) is 4.98 Å². The number of nitrogens with zero attached hydrogens (tertiary/aromatic N) is 1. The number of aryl methyl sites for hydroxylation is 1. The van der Waals surface area contributed by atoms with Crippen LogP contribution in [0.15, 0.2) is 6.20 Å². The van der Waals surface area contributed by atoms with E-state index in [0.29, 0.717) is 0 Å². The lowest BCUT2D eigenvalue weighted by Crippen LogP contribution is -2.36. The molecule has 108 valence electrons. The number of rotatable bonds is 1. The summed E-state index contributed by atoms with van der Waals surface area (Å²) >= 11 is 1.79. The van der Waals surface area contributed by atoms with E-state index in [2.05, 4.69) is 11.9 Å². The molecule has 0 aromatic carbocycles. The van der Waals surface area contributed by atoms with Crippen molar-refractivity contribution in [1.82, 2.24) is 4.98 Å². The largest absolute Gasteiger partial charge is 0.319 e. The first-order valence-electron chi connectivity index (χ1n) is 7.92. The van der Waals surface area contributed by atoms with Crippen LogP contribution >= 0.6 is 11.3 Å². The number of aromatic nitrogens is 1. The molecular formula is C16H28N2S. The molecule has 1 aromatic rings. The highest BCUT2D eigenvalue weighted by atomic mass is 32.1. The molecule has 1 aliphatic carbocycles. The maximum atomic E-state index is 6.72. The molecule has 0 unspecified atom stereocenters. The lowest BCUT2D eigenvalue weighted by atomic mass is 9.87. The second-order valence-corrected chi connectivity index (χ2v) is 7.35. The SMILES string of the molecule is Cc1cnc(C2(N)CCCCCCCCCCC2)s1. The standard InChI is InChI=1S/C16H28N2S/c1-14-13-18-15(19-14)16(17)11-9-7-5-3-2-4-6-8-10-12-16/h13H,2-12,17H2,1H3. The highest BCUT2D eigenvalue weighted by Crippen LogP contribution is 2.33. The lowest BCUT2D eigenvalue weighted by molar-refractivity contribution is 0.337. The van der Waals surface area contributed by atoms with Crippen molar-refractivity contribution in [3.05, 3.63) is 16.1 Å². The molecule has 1 heterocycles. The topological polar surface area (TPSA) is 38.9 Å². The molecule has 1 saturated carbocycles. The Balaban J connectivity index is 2.01. The zero-order valence-corrected chi connectivity index (χ0v) is 13.1. The van der Waals surface area contributed by atoms with E-state index in [1.165, 1.54) is 67.7 Å². The van der Waals surface area contributed by atoms with Gasteiger partial charge in [-0.25, -0.2) is 4.98 Å². The van der Waals surface area contributed by atoms with Crippen LogP contribution in [0, 0.1) is 6.92 Å². The molecule has 0 aliphatic heterocycles. The summed E-state index contributed by atoms with van der Waals surface area (Å²) in [6, 6.07) is 0. The average Bonchev–Trinajstić information content (AvgIpc) is 2.81. The van der Waals surface area contributed by atoms with Crippen molar-refractivity contribution in [3.8, 4) is 0 Å². The van der Waals surface area contributed by atoms with E-state index in [0.717, 1.165) is 12.8 Å². The number of nitrogens with two attached hydrogens (primary N) is 1. The quantitative estimate of drug-likeness (QED) is 0.793. The first-order chi connectivity index (χ1) is 9.21. The summed E-state index contributed by atoms with van der Waals surface area (Å²) in [6.45, 7) is 2.12. The molecule has 0 spiro atoms. The van der Waals surface area contributed by atoms with Crippen molar-refractivity contribution in [2.24, 2.45) is 5.73 Å². The van der Waals surface area contributed by atoms with Crippen LogP contribution in [0.1, 0.15) is 80.5 Å². The van der Waals surface area contributed by atoms with Crippen LogP contribution < -0.4 is 5.73 Å². The zero-order chi connectivity index (χ0) is 13.6. The van der Waals surface area contributed by atoms with Gasteiger partial charge in [-0.15, -0.1) is 11.3 Å². The zero-order valence-electron chi connectivity index (χ0n) is 12.3. The molecule has 2 N–H and O–H groups in total. The average molecular weight is 280 g/mol. The summed E-state index contributed by atoms with van der Waals surface area (Å²) in [5, 5.41) is 1.17. The Labute approximate surface area is 121 Å². The third-order valence-corrected chi connectivity index (χ3v) is 5.43. The minimum atomic E-state index is -0.155. The molecule has 2 nitrogen and oxygen atoms in total. The normalized spacial score (nSPS) is 22.4. The molecule has 1 aliphatic rings. The van der Waals surface area contributed by atoms with Crippen molar-refractivity contribution >= 4 is 11.3 Å². The third kappa shape index (κ3) is 4.57. The smallest absolute Gasteiger partial charge is 0.113 e. The maximum Gasteiger partial charge on any atom is 0.113 e. The molecule has 0 saturated heterocycles. The van der Waals surface area contributed by atoms with E-state index in [4.69, 9.17) is 5.73 Å². The summed E-state index contributed by atoms with van der Waals surface area (Å²) in [5.41, 5.74) is 6.57. The Bertz CT molecular complexity index is 361. The van der Waals surface area contributed by atoms with E-state index in [1.807, 2.05) is 6.20 Å². The third-order valence-electron chi connectivity index (χ3n) is 4.29. The van der Waals surface area contributed by atoms with Crippen LogP contribution in [0.5, 0.6) is 0 Å². The van der Waals surface area contributed by atoms with Gasteiger partial charge in [-0.3, -0.25) is 0 Å². The predicted molar refractivity (Wildman–Crippen MR) is 83.5 cm³/mol. The van der Waals surface area contributed by atoms with Gasteiger partial charge in [0.15, 0.2) is 0 Å². The van der Waals surface area contributed by atoms with E-state index in [1.54, 1.807) is 11.3 Å². The highest BCUT2D eigenvalue weighted by Gasteiger charge is 2.29.